The topological polar surface area (TPSA) is 141 Å². The highest BCUT2D eigenvalue weighted by molar-refractivity contribution is 6.09. The van der Waals surface area contributed by atoms with Crippen molar-refractivity contribution in [1.82, 2.24) is 0 Å². The number of methoxy groups -OCH3 is 6. The molecule has 0 bridgehead atoms. The molecule has 1 N–H and O–H groups in total. The van der Waals surface area contributed by atoms with Gasteiger partial charge in [-0.05, 0) is 36.2 Å². The summed E-state index contributed by atoms with van der Waals surface area (Å²) in [7, 11) is 8.64. The van der Waals surface area contributed by atoms with E-state index in [1.54, 1.807) is 12.1 Å². The number of carbonyl (C=O) groups excluding carboxylic acids is 2. The van der Waals surface area contributed by atoms with Crippen molar-refractivity contribution in [2.45, 2.75) is 6.42 Å². The molecule has 0 spiro atoms. The van der Waals surface area contributed by atoms with Gasteiger partial charge in [0.15, 0.2) is 23.0 Å². The summed E-state index contributed by atoms with van der Waals surface area (Å²) in [6.45, 7) is -0.557. The van der Waals surface area contributed by atoms with Gasteiger partial charge in [-0.1, -0.05) is 29.4 Å². The number of hydrogen-bond acceptors (Lipinski definition) is 12. The van der Waals surface area contributed by atoms with E-state index in [9.17, 15) is 14.8 Å². The second-order valence-electron chi connectivity index (χ2n) is 9.54. The Morgan fingerprint density at radius 3 is 1.49 bits per heavy atom. The van der Waals surface area contributed by atoms with Gasteiger partial charge in [-0.2, -0.15) is 0 Å². The van der Waals surface area contributed by atoms with E-state index in [4.69, 9.17) is 37.9 Å². The summed E-state index contributed by atoms with van der Waals surface area (Å²) in [4.78, 5) is 26.6. The molecule has 0 aliphatic heterocycles. The van der Waals surface area contributed by atoms with Crippen LogP contribution in [0.25, 0.3) is 0 Å². The molecular formula is C31H33NO11. The third kappa shape index (κ3) is 5.94. The van der Waals surface area contributed by atoms with Crippen molar-refractivity contribution in [3.8, 4) is 34.5 Å². The van der Waals surface area contributed by atoms with Gasteiger partial charge < -0.3 is 43.1 Å². The number of fused-ring (bicyclic) bond motifs is 1. The van der Waals surface area contributed by atoms with Crippen LogP contribution in [0, 0.1) is 5.41 Å². The first-order valence-electron chi connectivity index (χ1n) is 13.0. The second-order valence-corrected chi connectivity index (χ2v) is 9.54. The average molecular weight is 596 g/mol. The molecule has 43 heavy (non-hydrogen) atoms. The quantitative estimate of drug-likeness (QED) is 0.183. The van der Waals surface area contributed by atoms with Gasteiger partial charge in [-0.15, -0.1) is 0 Å². The second kappa shape index (κ2) is 13.2. The van der Waals surface area contributed by atoms with Crippen LogP contribution in [0.4, 0.5) is 0 Å². The molecule has 0 unspecified atom stereocenters. The predicted molar refractivity (Wildman–Crippen MR) is 154 cm³/mol. The number of esters is 2. The Morgan fingerprint density at radius 1 is 0.698 bits per heavy atom. The Bertz CT molecular complexity index is 1400. The van der Waals surface area contributed by atoms with E-state index in [1.165, 1.54) is 66.9 Å². The molecule has 0 heterocycles. The predicted octanol–water partition coefficient (Wildman–Crippen LogP) is 4.17. The van der Waals surface area contributed by atoms with Crippen LogP contribution in [0.3, 0.4) is 0 Å². The third-order valence-electron chi connectivity index (χ3n) is 7.16. The molecule has 12 nitrogen and oxygen atoms in total. The molecule has 0 amide bonds. The lowest BCUT2D eigenvalue weighted by Gasteiger charge is -2.28. The molecule has 4 rings (SSSR count). The zero-order valence-electron chi connectivity index (χ0n) is 24.7. The lowest BCUT2D eigenvalue weighted by molar-refractivity contribution is 0.0148. The van der Waals surface area contributed by atoms with E-state index in [0.717, 1.165) is 5.56 Å². The van der Waals surface area contributed by atoms with Crippen LogP contribution < -0.4 is 28.4 Å². The fourth-order valence-corrected chi connectivity index (χ4v) is 5.05. The van der Waals surface area contributed by atoms with Crippen LogP contribution in [0.2, 0.25) is 0 Å². The summed E-state index contributed by atoms with van der Waals surface area (Å²) in [5, 5.41) is 13.7. The molecular weight excluding hydrogens is 562 g/mol. The summed E-state index contributed by atoms with van der Waals surface area (Å²) in [5.74, 6) is 0.311. The Hall–Kier alpha value is -5.13. The molecule has 3 aromatic carbocycles. The SMILES string of the molecule is COc1cc(C(=O)OCC2(COC(=O)c3cc(OC)c(OC)c(OC)c3)Cc3ccccc3/C2=N\O)cc(OC)c1OC. The van der Waals surface area contributed by atoms with Crippen LogP contribution >= 0.6 is 0 Å². The molecule has 0 fully saturated rings. The molecule has 0 saturated carbocycles. The maximum Gasteiger partial charge on any atom is 0.338 e. The fraction of sp³-hybridized carbons (Fsp3) is 0.323. The maximum atomic E-state index is 13.3. The minimum atomic E-state index is -1.20. The van der Waals surface area contributed by atoms with E-state index in [1.807, 2.05) is 12.1 Å². The summed E-state index contributed by atoms with van der Waals surface area (Å²) >= 11 is 0. The zero-order chi connectivity index (χ0) is 31.1. The zero-order valence-corrected chi connectivity index (χ0v) is 24.7. The number of rotatable bonds is 12. The third-order valence-corrected chi connectivity index (χ3v) is 7.16. The molecule has 1 aliphatic rings. The van der Waals surface area contributed by atoms with Gasteiger partial charge >= 0.3 is 11.9 Å². The maximum absolute atomic E-state index is 13.3. The van der Waals surface area contributed by atoms with Gasteiger partial charge in [0.25, 0.3) is 0 Å². The Labute approximate surface area is 248 Å². The van der Waals surface area contributed by atoms with Crippen LogP contribution in [-0.2, 0) is 15.9 Å². The lowest BCUT2D eigenvalue weighted by atomic mass is 9.84. The summed E-state index contributed by atoms with van der Waals surface area (Å²) < 4.78 is 43.6. The Kier molecular flexibility index (Phi) is 9.49. The number of ether oxygens (including phenoxy) is 8. The van der Waals surface area contributed by atoms with Gasteiger partial charge in [0, 0.05) is 5.56 Å². The summed E-state index contributed by atoms with van der Waals surface area (Å²) in [6.07, 6.45) is 0.271. The molecule has 0 aromatic heterocycles. The van der Waals surface area contributed by atoms with E-state index in [-0.39, 0.29) is 59.5 Å². The van der Waals surface area contributed by atoms with E-state index in [0.29, 0.717) is 17.1 Å². The standard InChI is InChI=1S/C31H33NO11/c1-36-22-11-19(12-23(37-2)26(22)40-5)29(33)42-16-31(15-18-9-7-8-10-21(18)28(31)32-35)17-43-30(34)20-13-24(38-3)27(41-6)25(14-20)39-4/h7-14,35H,15-17H2,1-6H3/b32-28+. The fourth-order valence-electron chi connectivity index (χ4n) is 5.05. The van der Waals surface area contributed by atoms with Crippen LogP contribution in [0.1, 0.15) is 31.8 Å². The minimum Gasteiger partial charge on any atom is -0.493 e. The molecule has 1 aliphatic carbocycles. The summed E-state index contributed by atoms with van der Waals surface area (Å²) in [6, 6.07) is 13.1. The van der Waals surface area contributed by atoms with Crippen molar-refractivity contribution < 1.29 is 52.7 Å². The first-order valence-corrected chi connectivity index (χ1v) is 13.0. The van der Waals surface area contributed by atoms with Gasteiger partial charge in [0.2, 0.25) is 11.5 Å². The molecule has 228 valence electrons. The van der Waals surface area contributed by atoms with Crippen LogP contribution in [0.5, 0.6) is 34.5 Å². The molecule has 3 aromatic rings. The van der Waals surface area contributed by atoms with Crippen molar-refractivity contribution >= 4 is 17.7 Å². The van der Waals surface area contributed by atoms with Crippen LogP contribution in [-0.4, -0.2) is 78.7 Å². The largest absolute Gasteiger partial charge is 0.493 e. The van der Waals surface area contributed by atoms with E-state index >= 15 is 0 Å². The average Bonchev–Trinajstić information content (AvgIpc) is 3.37. The van der Waals surface area contributed by atoms with Gasteiger partial charge in [0.1, 0.15) is 18.9 Å². The van der Waals surface area contributed by atoms with Gasteiger partial charge in [-0.25, -0.2) is 9.59 Å². The highest BCUT2D eigenvalue weighted by Crippen LogP contribution is 2.42. The van der Waals surface area contributed by atoms with Crippen molar-refractivity contribution in [2.75, 3.05) is 55.9 Å². The Morgan fingerprint density at radius 2 is 1.12 bits per heavy atom. The monoisotopic (exact) mass is 595 g/mol. The molecule has 0 atom stereocenters. The smallest absolute Gasteiger partial charge is 0.338 e. The number of oxime groups is 1. The van der Waals surface area contributed by atoms with E-state index in [2.05, 4.69) is 5.16 Å². The first-order chi connectivity index (χ1) is 20.8. The van der Waals surface area contributed by atoms with Gasteiger partial charge in [-0.3, -0.25) is 0 Å². The van der Waals surface area contributed by atoms with Crippen molar-refractivity contribution in [3.05, 3.63) is 70.8 Å². The highest BCUT2D eigenvalue weighted by Gasteiger charge is 2.47. The molecule has 0 saturated heterocycles. The molecule has 0 radical (unpaired) electrons. The van der Waals surface area contributed by atoms with Crippen molar-refractivity contribution in [1.29, 1.82) is 0 Å². The Balaban J connectivity index is 1.64. The number of nitrogens with zero attached hydrogens (tertiary/aromatic N) is 1. The number of hydrogen-bond donors (Lipinski definition) is 1. The summed E-state index contributed by atoms with van der Waals surface area (Å²) in [5.41, 5.74) is 0.777. The van der Waals surface area contributed by atoms with Crippen LogP contribution in [0.15, 0.2) is 53.7 Å². The van der Waals surface area contributed by atoms with Crippen molar-refractivity contribution in [3.63, 3.8) is 0 Å². The highest BCUT2D eigenvalue weighted by atomic mass is 16.6. The van der Waals surface area contributed by atoms with Gasteiger partial charge in [0.05, 0.1) is 59.2 Å². The minimum absolute atomic E-state index is 0.136. The first kappa shape index (κ1) is 30.8. The lowest BCUT2D eigenvalue weighted by Crippen LogP contribution is -2.40. The number of benzene rings is 3. The van der Waals surface area contributed by atoms with E-state index < -0.39 is 17.4 Å². The normalized spacial score (nSPS) is 14.0. The molecule has 12 heteroatoms. The number of carbonyl (C=O) groups is 2. The van der Waals surface area contributed by atoms with Crippen molar-refractivity contribution in [2.24, 2.45) is 10.6 Å².